The number of hydrogen-bond acceptors (Lipinski definition) is 8. The summed E-state index contributed by atoms with van der Waals surface area (Å²) in [4.78, 5) is 8.56. The molecule has 1 aromatic carbocycles. The second-order valence-corrected chi connectivity index (χ2v) is 6.38. The lowest BCUT2D eigenvalue weighted by Gasteiger charge is -2.09. The molecule has 0 saturated heterocycles. The number of thioether (sulfide) groups is 1. The lowest BCUT2D eigenvalue weighted by molar-refractivity contribution is 0.209. The summed E-state index contributed by atoms with van der Waals surface area (Å²) in [5, 5.41) is 8.65. The maximum Gasteiger partial charge on any atom is 0.241 e. The SMILES string of the molecule is CSc1nc(C)cc(Oc2ccc(OCCOc3ccccc3C)nn2)n1. The largest absolute Gasteiger partial charge is 0.490 e. The van der Waals surface area contributed by atoms with Crippen molar-refractivity contribution in [2.45, 2.75) is 19.0 Å². The maximum atomic E-state index is 5.68. The molecule has 0 N–H and O–H groups in total. The van der Waals surface area contributed by atoms with Crippen LogP contribution in [0.4, 0.5) is 0 Å². The van der Waals surface area contributed by atoms with Crippen LogP contribution in [-0.2, 0) is 0 Å². The van der Waals surface area contributed by atoms with E-state index in [0.29, 0.717) is 36.0 Å². The summed E-state index contributed by atoms with van der Waals surface area (Å²) < 4.78 is 16.9. The molecule has 3 rings (SSSR count). The fourth-order valence-corrected chi connectivity index (χ4v) is 2.64. The third kappa shape index (κ3) is 5.55. The van der Waals surface area contributed by atoms with Crippen LogP contribution in [0.2, 0.25) is 0 Å². The average Bonchev–Trinajstić information content (AvgIpc) is 2.67. The van der Waals surface area contributed by atoms with Gasteiger partial charge in [-0.15, -0.1) is 10.2 Å². The van der Waals surface area contributed by atoms with Crippen LogP contribution in [0.1, 0.15) is 11.3 Å². The van der Waals surface area contributed by atoms with Gasteiger partial charge in [-0.05, 0) is 31.7 Å². The van der Waals surface area contributed by atoms with Crippen molar-refractivity contribution in [3.8, 4) is 23.4 Å². The fourth-order valence-electron chi connectivity index (χ4n) is 2.22. The van der Waals surface area contributed by atoms with Crippen LogP contribution in [0.5, 0.6) is 23.4 Å². The van der Waals surface area contributed by atoms with Crippen molar-refractivity contribution in [1.82, 2.24) is 20.2 Å². The predicted octanol–water partition coefficient (Wildman–Crippen LogP) is 3.86. The quantitative estimate of drug-likeness (QED) is 0.329. The summed E-state index contributed by atoms with van der Waals surface area (Å²) in [5.41, 5.74) is 1.91. The highest BCUT2D eigenvalue weighted by molar-refractivity contribution is 7.98. The Morgan fingerprint density at radius 3 is 2.33 bits per heavy atom. The summed E-state index contributed by atoms with van der Waals surface area (Å²) in [6.45, 7) is 4.67. The van der Waals surface area contributed by atoms with Gasteiger partial charge in [0.05, 0.1) is 0 Å². The lowest BCUT2D eigenvalue weighted by Crippen LogP contribution is -2.10. The number of nitrogens with zero attached hydrogens (tertiary/aromatic N) is 4. The van der Waals surface area contributed by atoms with Crippen LogP contribution in [0.3, 0.4) is 0 Å². The molecule has 0 atom stereocenters. The van der Waals surface area contributed by atoms with Gasteiger partial charge in [0.2, 0.25) is 17.6 Å². The molecule has 0 spiro atoms. The van der Waals surface area contributed by atoms with Crippen molar-refractivity contribution in [3.05, 3.63) is 53.7 Å². The van der Waals surface area contributed by atoms with Crippen molar-refractivity contribution in [1.29, 1.82) is 0 Å². The third-order valence-corrected chi connectivity index (χ3v) is 4.05. The number of hydrogen-bond donors (Lipinski definition) is 0. The van der Waals surface area contributed by atoms with Crippen molar-refractivity contribution in [2.24, 2.45) is 0 Å². The third-order valence-electron chi connectivity index (χ3n) is 3.50. The highest BCUT2D eigenvalue weighted by Crippen LogP contribution is 2.21. The zero-order chi connectivity index (χ0) is 19.1. The summed E-state index contributed by atoms with van der Waals surface area (Å²) in [6.07, 6.45) is 1.91. The first kappa shape index (κ1) is 18.9. The van der Waals surface area contributed by atoms with E-state index in [0.717, 1.165) is 17.0 Å². The molecule has 3 aromatic rings. The molecule has 0 fully saturated rings. The molecule has 0 amide bonds. The van der Waals surface area contributed by atoms with Crippen LogP contribution >= 0.6 is 11.8 Å². The molecular weight excluding hydrogens is 364 g/mol. The normalized spacial score (nSPS) is 10.5. The number of para-hydroxylation sites is 1. The van der Waals surface area contributed by atoms with E-state index in [-0.39, 0.29) is 0 Å². The molecule has 0 aliphatic rings. The Balaban J connectivity index is 1.50. The summed E-state index contributed by atoms with van der Waals surface area (Å²) in [6, 6.07) is 13.0. The standard InChI is InChI=1S/C19H20N4O3S/c1-13-6-4-5-7-15(13)24-10-11-25-16-8-9-17(23-22-16)26-18-12-14(2)20-19(21-18)27-3/h4-9,12H,10-11H2,1-3H3. The van der Waals surface area contributed by atoms with Crippen LogP contribution in [0.25, 0.3) is 0 Å². The molecule has 0 saturated carbocycles. The van der Waals surface area contributed by atoms with Gasteiger partial charge in [-0.2, -0.15) is 4.98 Å². The first-order chi connectivity index (χ1) is 13.1. The van der Waals surface area contributed by atoms with Crippen LogP contribution in [-0.4, -0.2) is 39.6 Å². The summed E-state index contributed by atoms with van der Waals surface area (Å²) >= 11 is 1.45. The molecule has 8 heteroatoms. The van der Waals surface area contributed by atoms with E-state index < -0.39 is 0 Å². The Bertz CT molecular complexity index is 890. The second kappa shape index (κ2) is 9.18. The molecule has 0 unspecified atom stereocenters. The van der Waals surface area contributed by atoms with E-state index in [9.17, 15) is 0 Å². The minimum Gasteiger partial charge on any atom is -0.490 e. The lowest BCUT2D eigenvalue weighted by atomic mass is 10.2. The van der Waals surface area contributed by atoms with Crippen molar-refractivity contribution in [3.63, 3.8) is 0 Å². The fraction of sp³-hybridized carbons (Fsp3) is 0.263. The van der Waals surface area contributed by atoms with Gasteiger partial charge in [-0.3, -0.25) is 0 Å². The topological polar surface area (TPSA) is 79.2 Å². The van der Waals surface area contributed by atoms with E-state index in [1.54, 1.807) is 18.2 Å². The van der Waals surface area contributed by atoms with Gasteiger partial charge >= 0.3 is 0 Å². The molecular formula is C19H20N4O3S. The number of benzene rings is 1. The monoisotopic (exact) mass is 384 g/mol. The van der Waals surface area contributed by atoms with E-state index in [1.165, 1.54) is 11.8 Å². The zero-order valence-electron chi connectivity index (χ0n) is 15.4. The van der Waals surface area contributed by atoms with Gasteiger partial charge in [0.1, 0.15) is 19.0 Å². The number of aryl methyl sites for hydroxylation is 2. The molecule has 140 valence electrons. The zero-order valence-corrected chi connectivity index (χ0v) is 16.2. The molecule has 0 radical (unpaired) electrons. The van der Waals surface area contributed by atoms with Crippen molar-refractivity contribution in [2.75, 3.05) is 19.5 Å². The van der Waals surface area contributed by atoms with E-state index >= 15 is 0 Å². The molecule has 2 heterocycles. The first-order valence-corrected chi connectivity index (χ1v) is 9.59. The Morgan fingerprint density at radius 2 is 1.59 bits per heavy atom. The number of aromatic nitrogens is 4. The number of rotatable bonds is 8. The van der Waals surface area contributed by atoms with E-state index in [2.05, 4.69) is 20.2 Å². The van der Waals surface area contributed by atoms with Gasteiger partial charge in [0.15, 0.2) is 5.16 Å². The first-order valence-electron chi connectivity index (χ1n) is 8.36. The van der Waals surface area contributed by atoms with E-state index in [4.69, 9.17) is 14.2 Å². The smallest absolute Gasteiger partial charge is 0.241 e. The summed E-state index contributed by atoms with van der Waals surface area (Å²) in [7, 11) is 0. The molecule has 0 bridgehead atoms. The predicted molar refractivity (Wildman–Crippen MR) is 103 cm³/mol. The molecule has 2 aromatic heterocycles. The van der Waals surface area contributed by atoms with Crippen molar-refractivity contribution < 1.29 is 14.2 Å². The second-order valence-electron chi connectivity index (χ2n) is 5.61. The summed E-state index contributed by atoms with van der Waals surface area (Å²) in [5.74, 6) is 2.02. The molecule has 0 aliphatic carbocycles. The van der Waals surface area contributed by atoms with Crippen molar-refractivity contribution >= 4 is 11.8 Å². The highest BCUT2D eigenvalue weighted by atomic mass is 32.2. The Hall–Kier alpha value is -2.87. The minimum atomic E-state index is 0.337. The van der Waals surface area contributed by atoms with Gasteiger partial charge in [0.25, 0.3) is 0 Å². The maximum absolute atomic E-state index is 5.68. The average molecular weight is 384 g/mol. The Labute approximate surface area is 162 Å². The minimum absolute atomic E-state index is 0.337. The Morgan fingerprint density at radius 1 is 0.852 bits per heavy atom. The number of ether oxygens (including phenoxy) is 3. The highest BCUT2D eigenvalue weighted by Gasteiger charge is 2.06. The molecule has 27 heavy (non-hydrogen) atoms. The van der Waals surface area contributed by atoms with Crippen LogP contribution in [0, 0.1) is 13.8 Å². The van der Waals surface area contributed by atoms with E-state index in [1.807, 2.05) is 44.4 Å². The van der Waals surface area contributed by atoms with Gasteiger partial charge < -0.3 is 14.2 Å². The van der Waals surface area contributed by atoms with Crippen LogP contribution in [0.15, 0.2) is 47.6 Å². The van der Waals surface area contributed by atoms with Crippen LogP contribution < -0.4 is 14.2 Å². The molecule has 7 nitrogen and oxygen atoms in total. The Kier molecular flexibility index (Phi) is 6.43. The molecule has 0 aliphatic heterocycles. The van der Waals surface area contributed by atoms with Gasteiger partial charge in [-0.1, -0.05) is 30.0 Å². The van der Waals surface area contributed by atoms with Gasteiger partial charge in [0, 0.05) is 23.9 Å². The van der Waals surface area contributed by atoms with Gasteiger partial charge in [-0.25, -0.2) is 4.98 Å².